The Morgan fingerprint density at radius 3 is 2.50 bits per heavy atom. The first-order chi connectivity index (χ1) is 12.4. The van der Waals surface area contributed by atoms with E-state index in [2.05, 4.69) is 5.16 Å². The van der Waals surface area contributed by atoms with E-state index in [0.29, 0.717) is 22.2 Å². The average molecular weight is 372 g/mol. The summed E-state index contributed by atoms with van der Waals surface area (Å²) in [5.74, 6) is 0.647. The molecule has 0 amide bonds. The Kier molecular flexibility index (Phi) is 5.28. The van der Waals surface area contributed by atoms with Gasteiger partial charge in [0, 0.05) is 16.7 Å². The van der Waals surface area contributed by atoms with Crippen molar-refractivity contribution in [2.75, 3.05) is 0 Å². The van der Waals surface area contributed by atoms with Crippen LogP contribution >= 0.6 is 11.6 Å². The number of esters is 1. The second-order valence-corrected chi connectivity index (χ2v) is 6.63. The van der Waals surface area contributed by atoms with Crippen molar-refractivity contribution in [2.45, 2.75) is 26.1 Å². The zero-order valence-electron chi connectivity index (χ0n) is 14.4. The van der Waals surface area contributed by atoms with Crippen molar-refractivity contribution >= 4 is 17.6 Å². The molecule has 0 aliphatic heterocycles. The molecule has 0 saturated heterocycles. The summed E-state index contributed by atoms with van der Waals surface area (Å²) in [5, 5.41) is 4.53. The third-order valence-electron chi connectivity index (χ3n) is 3.65. The number of halogens is 1. The van der Waals surface area contributed by atoms with Gasteiger partial charge in [-0.3, -0.25) is 0 Å². The van der Waals surface area contributed by atoms with E-state index in [1.54, 1.807) is 44.2 Å². The summed E-state index contributed by atoms with van der Waals surface area (Å²) in [6, 6.07) is 18.1. The van der Waals surface area contributed by atoms with E-state index in [9.17, 15) is 4.79 Å². The summed E-state index contributed by atoms with van der Waals surface area (Å²) < 4.78 is 16.3. The molecule has 0 N–H and O–H groups in total. The van der Waals surface area contributed by atoms with E-state index in [1.165, 1.54) is 0 Å². The molecular formula is C20H18ClNO4. The van der Waals surface area contributed by atoms with E-state index < -0.39 is 11.6 Å². The molecule has 3 rings (SSSR count). The molecule has 0 atom stereocenters. The summed E-state index contributed by atoms with van der Waals surface area (Å²) in [7, 11) is 0. The minimum atomic E-state index is -1.15. The number of ether oxygens (including phenoxy) is 2. The van der Waals surface area contributed by atoms with Gasteiger partial charge in [0.1, 0.15) is 18.1 Å². The first kappa shape index (κ1) is 18.0. The minimum Gasteiger partial charge on any atom is -0.476 e. The van der Waals surface area contributed by atoms with Crippen molar-refractivity contribution in [3.05, 3.63) is 71.4 Å². The predicted octanol–water partition coefficient (Wildman–Crippen LogP) is 4.90. The van der Waals surface area contributed by atoms with E-state index in [4.69, 9.17) is 25.6 Å². The molecule has 134 valence electrons. The van der Waals surface area contributed by atoms with Gasteiger partial charge in [0.15, 0.2) is 11.4 Å². The molecule has 1 aromatic heterocycles. The molecule has 26 heavy (non-hydrogen) atoms. The third kappa shape index (κ3) is 4.43. The average Bonchev–Trinajstić information content (AvgIpc) is 3.11. The summed E-state index contributed by atoms with van der Waals surface area (Å²) in [6.45, 7) is 3.28. The van der Waals surface area contributed by atoms with Crippen molar-refractivity contribution in [1.82, 2.24) is 5.16 Å². The molecule has 0 saturated carbocycles. The summed E-state index contributed by atoms with van der Waals surface area (Å²) >= 11 is 5.85. The highest BCUT2D eigenvalue weighted by Crippen LogP contribution is 2.23. The smallest absolute Gasteiger partial charge is 0.350 e. The van der Waals surface area contributed by atoms with Gasteiger partial charge < -0.3 is 14.0 Å². The number of benzene rings is 2. The zero-order chi connectivity index (χ0) is 18.6. The first-order valence-corrected chi connectivity index (χ1v) is 8.45. The maximum absolute atomic E-state index is 12.4. The molecular weight excluding hydrogens is 354 g/mol. The number of rotatable bonds is 6. The van der Waals surface area contributed by atoms with Gasteiger partial charge >= 0.3 is 5.97 Å². The molecule has 0 aliphatic rings. The van der Waals surface area contributed by atoms with Crippen LogP contribution in [0.5, 0.6) is 5.75 Å². The van der Waals surface area contributed by atoms with Crippen molar-refractivity contribution in [2.24, 2.45) is 0 Å². The van der Waals surface area contributed by atoms with Crippen molar-refractivity contribution in [1.29, 1.82) is 0 Å². The van der Waals surface area contributed by atoms with Gasteiger partial charge in [0.2, 0.25) is 0 Å². The summed E-state index contributed by atoms with van der Waals surface area (Å²) in [4.78, 5) is 12.4. The quantitative estimate of drug-likeness (QED) is 0.577. The van der Waals surface area contributed by atoms with E-state index in [0.717, 1.165) is 5.56 Å². The molecule has 1 heterocycles. The Morgan fingerprint density at radius 1 is 1.12 bits per heavy atom. The lowest BCUT2D eigenvalue weighted by molar-refractivity contribution is -0.160. The lowest BCUT2D eigenvalue weighted by Gasteiger charge is -2.24. The second-order valence-electron chi connectivity index (χ2n) is 6.19. The molecule has 3 aromatic rings. The van der Waals surface area contributed by atoms with Crippen LogP contribution in [0.1, 0.15) is 19.5 Å². The van der Waals surface area contributed by atoms with Crippen LogP contribution in [-0.4, -0.2) is 16.7 Å². The van der Waals surface area contributed by atoms with Crippen LogP contribution < -0.4 is 4.74 Å². The Hall–Kier alpha value is -2.79. The fourth-order valence-electron chi connectivity index (χ4n) is 2.27. The highest BCUT2D eigenvalue weighted by Gasteiger charge is 2.32. The fraction of sp³-hybridized carbons (Fsp3) is 0.200. The molecule has 6 heteroatoms. The topological polar surface area (TPSA) is 61.6 Å². The Balaban J connectivity index is 1.59. The van der Waals surface area contributed by atoms with Gasteiger partial charge in [-0.1, -0.05) is 47.1 Å². The van der Waals surface area contributed by atoms with Gasteiger partial charge in [0.25, 0.3) is 0 Å². The van der Waals surface area contributed by atoms with Crippen molar-refractivity contribution in [3.63, 3.8) is 0 Å². The Labute approximate surface area is 156 Å². The third-order valence-corrected chi connectivity index (χ3v) is 3.90. The van der Waals surface area contributed by atoms with Gasteiger partial charge in [-0.25, -0.2) is 4.79 Å². The lowest BCUT2D eigenvalue weighted by Crippen LogP contribution is -2.39. The fourth-order valence-corrected chi connectivity index (χ4v) is 2.40. The highest BCUT2D eigenvalue weighted by atomic mass is 35.5. The monoisotopic (exact) mass is 371 g/mol. The van der Waals surface area contributed by atoms with E-state index >= 15 is 0 Å². The number of hydrogen-bond acceptors (Lipinski definition) is 5. The number of hydrogen-bond donors (Lipinski definition) is 0. The van der Waals surface area contributed by atoms with Gasteiger partial charge in [-0.05, 0) is 38.1 Å². The molecule has 0 fully saturated rings. The predicted molar refractivity (Wildman–Crippen MR) is 97.9 cm³/mol. The van der Waals surface area contributed by atoms with Gasteiger partial charge in [-0.2, -0.15) is 0 Å². The Bertz CT molecular complexity index is 872. The summed E-state index contributed by atoms with van der Waals surface area (Å²) in [5.41, 5.74) is 0.281. The van der Waals surface area contributed by atoms with Gasteiger partial charge in [0.05, 0.1) is 0 Å². The van der Waals surface area contributed by atoms with Gasteiger partial charge in [-0.15, -0.1) is 0 Å². The van der Waals surface area contributed by atoms with Crippen LogP contribution in [0.3, 0.4) is 0 Å². The SMILES string of the molecule is CC(C)(Oc1ccc(Cl)cc1)C(=O)OCc1cc(-c2ccccc2)on1. The van der Waals surface area contributed by atoms with Crippen LogP contribution in [0.25, 0.3) is 11.3 Å². The molecule has 0 bridgehead atoms. The van der Waals surface area contributed by atoms with Crippen LogP contribution in [0.4, 0.5) is 0 Å². The van der Waals surface area contributed by atoms with Crippen LogP contribution in [-0.2, 0) is 16.1 Å². The normalized spacial score (nSPS) is 11.2. The van der Waals surface area contributed by atoms with Crippen LogP contribution in [0.15, 0.2) is 65.2 Å². The molecule has 0 aliphatic carbocycles. The minimum absolute atomic E-state index is 0.00255. The molecule has 0 spiro atoms. The largest absolute Gasteiger partial charge is 0.476 e. The first-order valence-electron chi connectivity index (χ1n) is 8.07. The van der Waals surface area contributed by atoms with E-state index in [-0.39, 0.29) is 6.61 Å². The zero-order valence-corrected chi connectivity index (χ0v) is 15.2. The number of nitrogens with zero attached hydrogens (tertiary/aromatic N) is 1. The lowest BCUT2D eigenvalue weighted by atomic mass is 10.1. The second kappa shape index (κ2) is 7.62. The number of carbonyl (C=O) groups is 1. The maximum atomic E-state index is 12.4. The molecule has 0 unspecified atom stereocenters. The van der Waals surface area contributed by atoms with Crippen LogP contribution in [0.2, 0.25) is 5.02 Å². The highest BCUT2D eigenvalue weighted by molar-refractivity contribution is 6.30. The molecule has 5 nitrogen and oxygen atoms in total. The number of carbonyl (C=O) groups excluding carboxylic acids is 1. The molecule has 0 radical (unpaired) electrons. The standard InChI is InChI=1S/C20H18ClNO4/c1-20(2,25-17-10-8-15(21)9-11-17)19(23)24-13-16-12-18(26-22-16)14-6-4-3-5-7-14/h3-12H,13H2,1-2H3. The summed E-state index contributed by atoms with van der Waals surface area (Å²) in [6.07, 6.45) is 0. The van der Waals surface area contributed by atoms with Crippen molar-refractivity contribution < 1.29 is 18.8 Å². The number of aromatic nitrogens is 1. The molecule has 2 aromatic carbocycles. The maximum Gasteiger partial charge on any atom is 0.350 e. The Morgan fingerprint density at radius 2 is 1.81 bits per heavy atom. The van der Waals surface area contributed by atoms with Crippen molar-refractivity contribution in [3.8, 4) is 17.1 Å². The van der Waals surface area contributed by atoms with E-state index in [1.807, 2.05) is 30.3 Å². The van der Waals surface area contributed by atoms with Crippen LogP contribution in [0, 0.1) is 0 Å².